The zero-order chi connectivity index (χ0) is 26.1. The van der Waals surface area contributed by atoms with Crippen molar-refractivity contribution in [3.8, 4) is 11.5 Å². The summed E-state index contributed by atoms with van der Waals surface area (Å²) in [5.41, 5.74) is 2.96. The van der Waals surface area contributed by atoms with Crippen molar-refractivity contribution in [2.45, 2.75) is 32.2 Å². The van der Waals surface area contributed by atoms with Crippen molar-refractivity contribution in [1.82, 2.24) is 4.90 Å². The first-order valence-electron chi connectivity index (χ1n) is 12.9. The molecule has 5 rings (SSSR count). The number of fused-ring (bicyclic) bond motifs is 1. The van der Waals surface area contributed by atoms with Crippen LogP contribution in [0.2, 0.25) is 0 Å². The number of benzene rings is 3. The number of nitrogens with zero attached hydrogens (tertiary/aromatic N) is 2. The van der Waals surface area contributed by atoms with Crippen molar-refractivity contribution in [3.63, 3.8) is 0 Å². The molecule has 1 fully saturated rings. The van der Waals surface area contributed by atoms with E-state index in [0.29, 0.717) is 23.1 Å². The molecule has 6 heteroatoms. The number of hydrogen-bond acceptors (Lipinski definition) is 4. The number of hydrogen-bond donors (Lipinski definition) is 0. The van der Waals surface area contributed by atoms with Gasteiger partial charge in [-0.1, -0.05) is 44.2 Å². The van der Waals surface area contributed by atoms with Crippen molar-refractivity contribution >= 4 is 17.5 Å². The average molecular weight is 499 g/mol. The second-order valence-electron chi connectivity index (χ2n) is 10.3. The highest BCUT2D eigenvalue weighted by molar-refractivity contribution is 6.11. The number of piperidine rings is 1. The summed E-state index contributed by atoms with van der Waals surface area (Å²) in [6, 6.07) is 22.2. The highest BCUT2D eigenvalue weighted by Gasteiger charge is 2.46. The summed E-state index contributed by atoms with van der Waals surface area (Å²) in [6.45, 7) is 5.87. The van der Waals surface area contributed by atoms with Crippen LogP contribution in [0.25, 0.3) is 0 Å². The van der Waals surface area contributed by atoms with E-state index in [2.05, 4.69) is 13.8 Å². The van der Waals surface area contributed by atoms with E-state index in [4.69, 9.17) is 9.47 Å². The predicted octanol–water partition coefficient (Wildman–Crippen LogP) is 5.69. The Morgan fingerprint density at radius 1 is 0.811 bits per heavy atom. The third-order valence-electron chi connectivity index (χ3n) is 7.59. The molecule has 2 amide bonds. The minimum absolute atomic E-state index is 0.0673. The fourth-order valence-corrected chi connectivity index (χ4v) is 6.01. The van der Waals surface area contributed by atoms with Gasteiger partial charge in [0, 0.05) is 24.3 Å². The molecule has 2 aliphatic heterocycles. The molecular weight excluding hydrogens is 464 g/mol. The standard InChI is InChI=1S/C31H34N2O4/c1-20-17-21(2)19-32(18-20)31(35)28-26-7-5-6-8-27(26)30(34)33(23-11-15-25(37-4)16-12-23)29(28)22-9-13-24(36-3)14-10-22/h5-16,20-21,28-29H,17-19H2,1-4H3/t20-,21-,28-,29-/m1/s1. The second kappa shape index (κ2) is 10.3. The van der Waals surface area contributed by atoms with Crippen molar-refractivity contribution < 1.29 is 19.1 Å². The lowest BCUT2D eigenvalue weighted by atomic mass is 9.78. The molecule has 192 valence electrons. The van der Waals surface area contributed by atoms with Crippen LogP contribution in [0, 0.1) is 11.8 Å². The van der Waals surface area contributed by atoms with Gasteiger partial charge in [-0.05, 0) is 71.8 Å². The molecule has 0 radical (unpaired) electrons. The molecule has 37 heavy (non-hydrogen) atoms. The van der Waals surface area contributed by atoms with Crippen LogP contribution < -0.4 is 14.4 Å². The lowest BCUT2D eigenvalue weighted by Crippen LogP contribution is -2.51. The molecular formula is C31H34N2O4. The quantitative estimate of drug-likeness (QED) is 0.453. The van der Waals surface area contributed by atoms with Gasteiger partial charge in [0.05, 0.1) is 26.2 Å². The summed E-state index contributed by atoms with van der Waals surface area (Å²) in [7, 11) is 3.25. The minimum atomic E-state index is -0.540. The molecule has 0 spiro atoms. The molecule has 0 N–H and O–H groups in total. The van der Waals surface area contributed by atoms with Gasteiger partial charge < -0.3 is 14.4 Å². The number of carbonyl (C=O) groups excluding carboxylic acids is 2. The SMILES string of the molecule is COc1ccc([C@@H]2[C@H](C(=O)N3C[C@H](C)C[C@@H](C)C3)c3ccccc3C(=O)N2c2ccc(OC)cc2)cc1. The van der Waals surface area contributed by atoms with Crippen LogP contribution in [0.3, 0.4) is 0 Å². The van der Waals surface area contributed by atoms with Crippen molar-refractivity contribution in [2.75, 3.05) is 32.2 Å². The van der Waals surface area contributed by atoms with E-state index in [1.165, 1.54) is 0 Å². The Hall–Kier alpha value is -3.80. The second-order valence-corrected chi connectivity index (χ2v) is 10.3. The van der Waals surface area contributed by atoms with Gasteiger partial charge in [-0.3, -0.25) is 14.5 Å². The van der Waals surface area contributed by atoms with Crippen LogP contribution in [0.1, 0.15) is 53.7 Å². The maximum atomic E-state index is 14.4. The maximum Gasteiger partial charge on any atom is 0.259 e. The molecule has 1 saturated heterocycles. The number of likely N-dealkylation sites (tertiary alicyclic amines) is 1. The Labute approximate surface area is 218 Å². The molecule has 2 aliphatic rings. The number of anilines is 1. The maximum absolute atomic E-state index is 14.4. The zero-order valence-corrected chi connectivity index (χ0v) is 21.9. The van der Waals surface area contributed by atoms with Gasteiger partial charge >= 0.3 is 0 Å². The largest absolute Gasteiger partial charge is 0.497 e. The summed E-state index contributed by atoms with van der Waals surface area (Å²) in [5.74, 6) is 1.71. The smallest absolute Gasteiger partial charge is 0.259 e. The van der Waals surface area contributed by atoms with Crippen LogP contribution in [-0.2, 0) is 4.79 Å². The summed E-state index contributed by atoms with van der Waals surface area (Å²) in [5, 5.41) is 0. The Morgan fingerprint density at radius 3 is 1.97 bits per heavy atom. The number of methoxy groups -OCH3 is 2. The van der Waals surface area contributed by atoms with Crippen molar-refractivity contribution in [2.24, 2.45) is 11.8 Å². The van der Waals surface area contributed by atoms with Gasteiger partial charge in [0.15, 0.2) is 0 Å². The first kappa shape index (κ1) is 24.9. The molecule has 6 nitrogen and oxygen atoms in total. The summed E-state index contributed by atoms with van der Waals surface area (Å²) in [6.07, 6.45) is 1.11. The molecule has 0 aromatic heterocycles. The first-order chi connectivity index (χ1) is 17.9. The molecule has 4 atom stereocenters. The third kappa shape index (κ3) is 4.68. The van der Waals surface area contributed by atoms with Crippen LogP contribution in [0.15, 0.2) is 72.8 Å². The Balaban J connectivity index is 1.69. The average Bonchev–Trinajstić information content (AvgIpc) is 2.92. The molecule has 0 bridgehead atoms. The Morgan fingerprint density at radius 2 is 1.38 bits per heavy atom. The van der Waals surface area contributed by atoms with Crippen LogP contribution in [0.4, 0.5) is 5.69 Å². The fourth-order valence-electron chi connectivity index (χ4n) is 6.01. The summed E-state index contributed by atoms with van der Waals surface area (Å²) in [4.78, 5) is 32.3. The number of amides is 2. The topological polar surface area (TPSA) is 59.1 Å². The molecule has 2 heterocycles. The molecule has 0 unspecified atom stereocenters. The molecule has 0 saturated carbocycles. The number of carbonyl (C=O) groups is 2. The van der Waals surface area contributed by atoms with Crippen LogP contribution in [-0.4, -0.2) is 44.0 Å². The van der Waals surface area contributed by atoms with Gasteiger partial charge in [0.25, 0.3) is 5.91 Å². The van der Waals surface area contributed by atoms with E-state index in [9.17, 15) is 9.59 Å². The monoisotopic (exact) mass is 498 g/mol. The normalized spacial score (nSPS) is 23.4. The zero-order valence-electron chi connectivity index (χ0n) is 21.9. The van der Waals surface area contributed by atoms with Crippen molar-refractivity contribution in [3.05, 3.63) is 89.5 Å². The molecule has 0 aliphatic carbocycles. The fraction of sp³-hybridized carbons (Fsp3) is 0.355. The van der Waals surface area contributed by atoms with E-state index < -0.39 is 12.0 Å². The van der Waals surface area contributed by atoms with E-state index >= 15 is 0 Å². The third-order valence-corrected chi connectivity index (χ3v) is 7.59. The van der Waals surface area contributed by atoms with Crippen molar-refractivity contribution in [1.29, 1.82) is 0 Å². The first-order valence-corrected chi connectivity index (χ1v) is 12.9. The minimum Gasteiger partial charge on any atom is -0.497 e. The number of ether oxygens (including phenoxy) is 2. The van der Waals surface area contributed by atoms with Gasteiger partial charge in [0.2, 0.25) is 5.91 Å². The number of rotatable bonds is 5. The van der Waals surface area contributed by atoms with Gasteiger partial charge in [-0.2, -0.15) is 0 Å². The summed E-state index contributed by atoms with van der Waals surface area (Å²) >= 11 is 0. The van der Waals surface area contributed by atoms with Crippen LogP contribution in [0.5, 0.6) is 11.5 Å². The highest BCUT2D eigenvalue weighted by Crippen LogP contribution is 2.46. The Kier molecular flexibility index (Phi) is 6.92. The summed E-state index contributed by atoms with van der Waals surface area (Å²) < 4.78 is 10.8. The van der Waals surface area contributed by atoms with Gasteiger partial charge in [-0.25, -0.2) is 0 Å². The molecule has 3 aromatic carbocycles. The van der Waals surface area contributed by atoms with Gasteiger partial charge in [0.1, 0.15) is 11.5 Å². The van der Waals surface area contributed by atoms with Crippen LogP contribution >= 0.6 is 0 Å². The van der Waals surface area contributed by atoms with E-state index in [1.54, 1.807) is 19.1 Å². The highest BCUT2D eigenvalue weighted by atomic mass is 16.5. The lowest BCUT2D eigenvalue weighted by molar-refractivity contribution is -0.136. The van der Waals surface area contributed by atoms with E-state index in [0.717, 1.165) is 42.1 Å². The predicted molar refractivity (Wildman–Crippen MR) is 144 cm³/mol. The Bertz CT molecular complexity index is 1260. The lowest BCUT2D eigenvalue weighted by Gasteiger charge is -2.45. The van der Waals surface area contributed by atoms with E-state index in [-0.39, 0.29) is 11.8 Å². The molecule has 3 aromatic rings. The van der Waals surface area contributed by atoms with Gasteiger partial charge in [-0.15, -0.1) is 0 Å². The van der Waals surface area contributed by atoms with E-state index in [1.807, 2.05) is 77.7 Å².